The second-order valence-electron chi connectivity index (χ2n) is 5.54. The molecule has 1 heterocycles. The highest BCUT2D eigenvalue weighted by atomic mass is 35.5. The minimum absolute atomic E-state index is 0. The summed E-state index contributed by atoms with van der Waals surface area (Å²) in [5.41, 5.74) is 5.79. The number of nitrogens with two attached hydrogens (primary N) is 1. The fraction of sp³-hybridized carbons (Fsp3) is 0.533. The van der Waals surface area contributed by atoms with E-state index < -0.39 is 0 Å². The molecule has 1 aromatic rings. The third-order valence-corrected chi connectivity index (χ3v) is 4.57. The summed E-state index contributed by atoms with van der Waals surface area (Å²) in [6.07, 6.45) is 0.781. The Labute approximate surface area is 147 Å². The smallest absolute Gasteiger partial charge is 0.227 e. The average Bonchev–Trinajstić information content (AvgIpc) is 2.89. The van der Waals surface area contributed by atoms with Crippen LogP contribution in [0.4, 0.5) is 0 Å². The van der Waals surface area contributed by atoms with Crippen molar-refractivity contribution in [3.05, 3.63) is 28.2 Å². The molecule has 0 aliphatic carbocycles. The molecule has 4 nitrogen and oxygen atoms in total. The van der Waals surface area contributed by atoms with Crippen molar-refractivity contribution in [3.8, 4) is 5.75 Å². The SMILES string of the molecule is CC(N)C(C)C(=O)N1CCC(Oc2ccc(Cl)c(Cl)c2)C1.Cl. The number of halogens is 3. The van der Waals surface area contributed by atoms with Crippen LogP contribution in [-0.2, 0) is 4.79 Å². The highest BCUT2D eigenvalue weighted by Crippen LogP contribution is 2.28. The molecule has 3 unspecified atom stereocenters. The molecular weight excluding hydrogens is 347 g/mol. The second kappa shape index (κ2) is 8.25. The summed E-state index contributed by atoms with van der Waals surface area (Å²) in [7, 11) is 0. The Kier molecular flexibility index (Phi) is 7.26. The van der Waals surface area contributed by atoms with E-state index in [1.165, 1.54) is 0 Å². The van der Waals surface area contributed by atoms with Crippen LogP contribution in [0, 0.1) is 5.92 Å². The van der Waals surface area contributed by atoms with Gasteiger partial charge in [-0.1, -0.05) is 30.1 Å². The van der Waals surface area contributed by atoms with E-state index in [1.807, 2.05) is 18.7 Å². The zero-order valence-electron chi connectivity index (χ0n) is 12.6. The number of likely N-dealkylation sites (tertiary alicyclic amines) is 1. The highest BCUT2D eigenvalue weighted by Gasteiger charge is 2.31. The van der Waals surface area contributed by atoms with Gasteiger partial charge in [0.15, 0.2) is 0 Å². The molecule has 22 heavy (non-hydrogen) atoms. The van der Waals surface area contributed by atoms with Crippen molar-refractivity contribution in [1.82, 2.24) is 4.90 Å². The third-order valence-electron chi connectivity index (χ3n) is 3.83. The van der Waals surface area contributed by atoms with Crippen LogP contribution < -0.4 is 10.5 Å². The number of benzene rings is 1. The van der Waals surface area contributed by atoms with E-state index in [2.05, 4.69) is 0 Å². The van der Waals surface area contributed by atoms with E-state index in [4.69, 9.17) is 33.7 Å². The van der Waals surface area contributed by atoms with E-state index in [0.717, 1.165) is 6.42 Å². The lowest BCUT2D eigenvalue weighted by molar-refractivity contribution is -0.134. The zero-order chi connectivity index (χ0) is 15.6. The molecule has 3 atom stereocenters. The molecule has 0 aromatic heterocycles. The number of carbonyl (C=O) groups is 1. The zero-order valence-corrected chi connectivity index (χ0v) is 14.9. The molecule has 0 spiro atoms. The van der Waals surface area contributed by atoms with E-state index in [1.54, 1.807) is 18.2 Å². The standard InChI is InChI=1S/C15H20Cl2N2O2.ClH/c1-9(10(2)18)15(20)19-6-5-12(8-19)21-11-3-4-13(16)14(17)7-11;/h3-4,7,9-10,12H,5-6,8,18H2,1-2H3;1H. The van der Waals surface area contributed by atoms with Crippen molar-refractivity contribution in [1.29, 1.82) is 0 Å². The molecule has 2 N–H and O–H groups in total. The number of hydrogen-bond acceptors (Lipinski definition) is 3. The lowest BCUT2D eigenvalue weighted by Gasteiger charge is -2.23. The van der Waals surface area contributed by atoms with Gasteiger partial charge >= 0.3 is 0 Å². The van der Waals surface area contributed by atoms with Crippen LogP contribution >= 0.6 is 35.6 Å². The Morgan fingerprint density at radius 3 is 2.64 bits per heavy atom. The molecule has 0 bridgehead atoms. The third kappa shape index (κ3) is 4.66. The van der Waals surface area contributed by atoms with Crippen LogP contribution in [0.1, 0.15) is 20.3 Å². The van der Waals surface area contributed by atoms with Crippen LogP contribution in [0.3, 0.4) is 0 Å². The molecule has 2 rings (SSSR count). The van der Waals surface area contributed by atoms with Crippen molar-refractivity contribution in [2.24, 2.45) is 11.7 Å². The van der Waals surface area contributed by atoms with Gasteiger partial charge < -0.3 is 15.4 Å². The van der Waals surface area contributed by atoms with E-state index in [9.17, 15) is 4.79 Å². The molecule has 7 heteroatoms. The van der Waals surface area contributed by atoms with Crippen LogP contribution in [0.25, 0.3) is 0 Å². The highest BCUT2D eigenvalue weighted by molar-refractivity contribution is 6.42. The lowest BCUT2D eigenvalue weighted by atomic mass is 10.0. The van der Waals surface area contributed by atoms with Gasteiger partial charge in [0.2, 0.25) is 5.91 Å². The van der Waals surface area contributed by atoms with E-state index in [0.29, 0.717) is 28.9 Å². The van der Waals surface area contributed by atoms with Gasteiger partial charge in [-0.2, -0.15) is 0 Å². The number of hydrogen-bond donors (Lipinski definition) is 1. The lowest BCUT2D eigenvalue weighted by Crippen LogP contribution is -2.41. The van der Waals surface area contributed by atoms with E-state index in [-0.39, 0.29) is 36.4 Å². The van der Waals surface area contributed by atoms with Crippen molar-refractivity contribution < 1.29 is 9.53 Å². The van der Waals surface area contributed by atoms with Gasteiger partial charge in [-0.25, -0.2) is 0 Å². The maximum absolute atomic E-state index is 12.2. The number of amides is 1. The normalized spacial score (nSPS) is 20.2. The summed E-state index contributed by atoms with van der Waals surface area (Å²) < 4.78 is 5.86. The Balaban J connectivity index is 0.00000242. The molecule has 1 fully saturated rings. The Morgan fingerprint density at radius 2 is 2.05 bits per heavy atom. The first-order valence-corrected chi connectivity index (χ1v) is 7.80. The molecule has 0 radical (unpaired) electrons. The quantitative estimate of drug-likeness (QED) is 0.887. The summed E-state index contributed by atoms with van der Waals surface area (Å²) in [5, 5.41) is 0.962. The van der Waals surface area contributed by atoms with Gasteiger partial charge in [-0.05, 0) is 19.1 Å². The van der Waals surface area contributed by atoms with Crippen molar-refractivity contribution in [2.45, 2.75) is 32.4 Å². The average molecular weight is 368 g/mol. The second-order valence-corrected chi connectivity index (χ2v) is 6.35. The summed E-state index contributed by atoms with van der Waals surface area (Å²) in [6, 6.07) is 5.03. The number of carbonyl (C=O) groups excluding carboxylic acids is 1. The minimum Gasteiger partial charge on any atom is -0.488 e. The molecule has 124 valence electrons. The first kappa shape index (κ1) is 19.4. The topological polar surface area (TPSA) is 55.6 Å². The fourth-order valence-corrected chi connectivity index (χ4v) is 2.57. The van der Waals surface area contributed by atoms with Crippen LogP contribution in [-0.4, -0.2) is 36.0 Å². The molecule has 1 saturated heterocycles. The largest absolute Gasteiger partial charge is 0.488 e. The Bertz CT molecular complexity index is 526. The Hall–Kier alpha value is -0.680. The molecular formula is C15H21Cl3N2O2. The van der Waals surface area contributed by atoms with E-state index >= 15 is 0 Å². The predicted octanol–water partition coefficient (Wildman–Crippen LogP) is 3.38. The monoisotopic (exact) mass is 366 g/mol. The van der Waals surface area contributed by atoms with Gasteiger partial charge in [0.25, 0.3) is 0 Å². The number of nitrogens with zero attached hydrogens (tertiary/aromatic N) is 1. The molecule has 1 amide bonds. The first-order valence-electron chi connectivity index (χ1n) is 7.04. The Morgan fingerprint density at radius 1 is 1.36 bits per heavy atom. The van der Waals surface area contributed by atoms with Gasteiger partial charge in [0, 0.05) is 25.1 Å². The predicted molar refractivity (Wildman–Crippen MR) is 92.1 cm³/mol. The van der Waals surface area contributed by atoms with Gasteiger partial charge in [0.1, 0.15) is 11.9 Å². The van der Waals surface area contributed by atoms with Gasteiger partial charge in [-0.3, -0.25) is 4.79 Å². The fourth-order valence-electron chi connectivity index (χ4n) is 2.28. The van der Waals surface area contributed by atoms with Crippen molar-refractivity contribution >= 4 is 41.5 Å². The summed E-state index contributed by atoms with van der Waals surface area (Å²) in [4.78, 5) is 14.1. The molecule has 1 aliphatic rings. The minimum atomic E-state index is -0.172. The number of ether oxygens (including phenoxy) is 1. The molecule has 1 aliphatic heterocycles. The van der Waals surface area contributed by atoms with Crippen LogP contribution in [0.15, 0.2) is 18.2 Å². The maximum atomic E-state index is 12.2. The summed E-state index contributed by atoms with van der Waals surface area (Å²) >= 11 is 11.8. The number of rotatable bonds is 4. The van der Waals surface area contributed by atoms with Crippen molar-refractivity contribution in [3.63, 3.8) is 0 Å². The summed E-state index contributed by atoms with van der Waals surface area (Å²) in [5.74, 6) is 0.586. The maximum Gasteiger partial charge on any atom is 0.227 e. The molecule has 1 aromatic carbocycles. The van der Waals surface area contributed by atoms with Crippen LogP contribution in [0.2, 0.25) is 10.0 Å². The van der Waals surface area contributed by atoms with Crippen LogP contribution in [0.5, 0.6) is 5.75 Å². The van der Waals surface area contributed by atoms with Gasteiger partial charge in [-0.15, -0.1) is 12.4 Å². The summed E-state index contributed by atoms with van der Waals surface area (Å²) in [6.45, 7) is 4.99. The molecule has 0 saturated carbocycles. The van der Waals surface area contributed by atoms with Crippen molar-refractivity contribution in [2.75, 3.05) is 13.1 Å². The first-order chi connectivity index (χ1) is 9.88. The van der Waals surface area contributed by atoms with Gasteiger partial charge in [0.05, 0.1) is 22.5 Å².